The Morgan fingerprint density at radius 1 is 1.28 bits per heavy atom. The monoisotopic (exact) mass is 342 g/mol. The highest BCUT2D eigenvalue weighted by atomic mass is 16.5. The Morgan fingerprint density at radius 2 is 2.08 bits per heavy atom. The topological polar surface area (TPSA) is 106 Å². The van der Waals surface area contributed by atoms with E-state index in [9.17, 15) is 9.59 Å². The van der Waals surface area contributed by atoms with Gasteiger partial charge < -0.3 is 21.1 Å². The number of hydrogen-bond acceptors (Lipinski definition) is 4. The molecule has 1 aromatic carbocycles. The number of nitrogens with one attached hydrogen (secondary N) is 2. The van der Waals surface area contributed by atoms with Crippen LogP contribution in [0.4, 0.5) is 4.79 Å². The van der Waals surface area contributed by atoms with Crippen molar-refractivity contribution in [3.05, 3.63) is 59.3 Å². The summed E-state index contributed by atoms with van der Waals surface area (Å²) in [6.07, 6.45) is 1.70. The van der Waals surface area contributed by atoms with E-state index in [4.69, 9.17) is 10.5 Å². The minimum Gasteiger partial charge on any atom is -0.481 e. The maximum Gasteiger partial charge on any atom is 0.312 e. The van der Waals surface area contributed by atoms with E-state index in [-0.39, 0.29) is 18.9 Å². The zero-order valence-corrected chi connectivity index (χ0v) is 14.3. The van der Waals surface area contributed by atoms with Crippen LogP contribution in [0.2, 0.25) is 0 Å². The summed E-state index contributed by atoms with van der Waals surface area (Å²) in [6, 6.07) is 10.0. The molecule has 1 atom stereocenters. The number of pyridine rings is 1. The molecule has 25 heavy (non-hydrogen) atoms. The van der Waals surface area contributed by atoms with Crippen molar-refractivity contribution in [1.29, 1.82) is 0 Å². The van der Waals surface area contributed by atoms with E-state index >= 15 is 0 Å². The Hall–Kier alpha value is -3.09. The molecule has 0 saturated heterocycles. The Morgan fingerprint density at radius 3 is 2.76 bits per heavy atom. The van der Waals surface area contributed by atoms with Crippen LogP contribution in [-0.4, -0.2) is 24.0 Å². The fourth-order valence-electron chi connectivity index (χ4n) is 2.50. The fraction of sp³-hybridized carbons (Fsp3) is 0.278. The number of rotatable bonds is 7. The predicted molar refractivity (Wildman–Crippen MR) is 93.9 cm³/mol. The largest absolute Gasteiger partial charge is 0.481 e. The van der Waals surface area contributed by atoms with Gasteiger partial charge in [-0.3, -0.25) is 4.79 Å². The summed E-state index contributed by atoms with van der Waals surface area (Å²) in [4.78, 5) is 27.7. The highest BCUT2D eigenvalue weighted by molar-refractivity contribution is 5.78. The summed E-state index contributed by atoms with van der Waals surface area (Å²) in [5, 5.41) is 5.43. The number of nitrogens with two attached hydrogens (primary N) is 1. The lowest BCUT2D eigenvalue weighted by molar-refractivity contribution is -0.121. The number of aryl methyl sites for hydroxylation is 1. The summed E-state index contributed by atoms with van der Waals surface area (Å²) < 4.78 is 5.16. The number of hydrogen-bond donors (Lipinski definition) is 3. The van der Waals surface area contributed by atoms with E-state index < -0.39 is 12.1 Å². The Kier molecular flexibility index (Phi) is 6.33. The minimum absolute atomic E-state index is 0.0783. The van der Waals surface area contributed by atoms with Crippen molar-refractivity contribution in [2.24, 2.45) is 5.73 Å². The Labute approximate surface area is 146 Å². The van der Waals surface area contributed by atoms with Crippen molar-refractivity contribution >= 4 is 11.9 Å². The average molecular weight is 342 g/mol. The molecule has 4 N–H and O–H groups in total. The molecule has 0 spiro atoms. The summed E-state index contributed by atoms with van der Waals surface area (Å²) in [6.45, 7) is 2.23. The number of aromatic nitrogens is 1. The van der Waals surface area contributed by atoms with Crippen molar-refractivity contribution in [1.82, 2.24) is 15.6 Å². The number of carbonyl (C=O) groups is 2. The number of carbonyl (C=O) groups excluding carboxylic acids is 2. The highest BCUT2D eigenvalue weighted by Crippen LogP contribution is 2.18. The molecular weight excluding hydrogens is 320 g/mol. The van der Waals surface area contributed by atoms with Gasteiger partial charge in [-0.1, -0.05) is 35.9 Å². The summed E-state index contributed by atoms with van der Waals surface area (Å²) in [7, 11) is 1.53. The number of methoxy groups -OCH3 is 1. The molecule has 3 amide bonds. The lowest BCUT2D eigenvalue weighted by atomic mass is 10.0. The van der Waals surface area contributed by atoms with Gasteiger partial charge in [0.05, 0.1) is 19.6 Å². The molecule has 1 heterocycles. The zero-order valence-electron chi connectivity index (χ0n) is 14.3. The van der Waals surface area contributed by atoms with Crippen LogP contribution < -0.4 is 21.1 Å². The third kappa shape index (κ3) is 5.49. The lowest BCUT2D eigenvalue weighted by Gasteiger charge is -2.18. The summed E-state index contributed by atoms with van der Waals surface area (Å²) in [5.74, 6) is 0.249. The normalized spacial score (nSPS) is 11.4. The average Bonchev–Trinajstić information content (AvgIpc) is 2.59. The van der Waals surface area contributed by atoms with Crippen molar-refractivity contribution in [3.63, 3.8) is 0 Å². The van der Waals surface area contributed by atoms with E-state index in [1.165, 1.54) is 7.11 Å². The van der Waals surface area contributed by atoms with Gasteiger partial charge in [0, 0.05) is 18.3 Å². The molecule has 0 aliphatic heterocycles. The predicted octanol–water partition coefficient (Wildman–Crippen LogP) is 1.81. The van der Waals surface area contributed by atoms with E-state index in [0.29, 0.717) is 5.88 Å². The second kappa shape index (κ2) is 8.68. The second-order valence-electron chi connectivity index (χ2n) is 5.63. The van der Waals surface area contributed by atoms with Crippen LogP contribution in [0.25, 0.3) is 0 Å². The van der Waals surface area contributed by atoms with Gasteiger partial charge in [0.1, 0.15) is 0 Å². The third-order valence-electron chi connectivity index (χ3n) is 3.67. The lowest BCUT2D eigenvalue weighted by Crippen LogP contribution is -2.36. The first-order valence-electron chi connectivity index (χ1n) is 7.86. The number of urea groups is 1. The van der Waals surface area contributed by atoms with Gasteiger partial charge in [-0.2, -0.15) is 0 Å². The molecule has 2 aromatic rings. The van der Waals surface area contributed by atoms with Gasteiger partial charge in [0.2, 0.25) is 11.8 Å². The summed E-state index contributed by atoms with van der Waals surface area (Å²) >= 11 is 0. The quantitative estimate of drug-likeness (QED) is 0.713. The molecule has 0 bridgehead atoms. The maximum atomic E-state index is 12.3. The third-order valence-corrected chi connectivity index (χ3v) is 3.67. The van der Waals surface area contributed by atoms with Crippen LogP contribution in [0.15, 0.2) is 42.6 Å². The van der Waals surface area contributed by atoms with Crippen molar-refractivity contribution in [2.75, 3.05) is 7.11 Å². The van der Waals surface area contributed by atoms with Gasteiger partial charge in [-0.25, -0.2) is 9.78 Å². The molecule has 1 aromatic heterocycles. The van der Waals surface area contributed by atoms with Crippen LogP contribution in [0.3, 0.4) is 0 Å². The van der Waals surface area contributed by atoms with E-state index in [0.717, 1.165) is 16.7 Å². The molecule has 0 fully saturated rings. The first kappa shape index (κ1) is 18.3. The van der Waals surface area contributed by atoms with Gasteiger partial charge in [0.25, 0.3) is 0 Å². The molecular formula is C18H22N4O3. The van der Waals surface area contributed by atoms with Gasteiger partial charge in [-0.05, 0) is 18.6 Å². The standard InChI is InChI=1S/C18H22N4O3/c1-12-5-3-6-13(9-12)15(22-18(19)24)10-16(23)21-11-14-7-4-8-20-17(14)25-2/h3-9,15H,10-11H2,1-2H3,(H,21,23)(H3,19,22,24)/t15-/m0/s1. The Bertz CT molecular complexity index is 749. The van der Waals surface area contributed by atoms with Gasteiger partial charge in [0.15, 0.2) is 0 Å². The van der Waals surface area contributed by atoms with Crippen molar-refractivity contribution in [2.45, 2.75) is 25.9 Å². The number of amides is 3. The molecule has 0 aliphatic carbocycles. The number of ether oxygens (including phenoxy) is 1. The zero-order chi connectivity index (χ0) is 18.2. The minimum atomic E-state index is -0.673. The van der Waals surface area contributed by atoms with Gasteiger partial charge in [-0.15, -0.1) is 0 Å². The molecule has 7 heteroatoms. The van der Waals surface area contributed by atoms with Crippen molar-refractivity contribution < 1.29 is 14.3 Å². The first-order chi connectivity index (χ1) is 12.0. The summed E-state index contributed by atoms with van der Waals surface area (Å²) in [5.41, 5.74) is 7.88. The van der Waals surface area contributed by atoms with Crippen molar-refractivity contribution in [3.8, 4) is 5.88 Å². The van der Waals surface area contributed by atoms with E-state index in [2.05, 4.69) is 15.6 Å². The smallest absolute Gasteiger partial charge is 0.312 e. The van der Waals surface area contributed by atoms with Gasteiger partial charge >= 0.3 is 6.03 Å². The van der Waals surface area contributed by atoms with Crippen LogP contribution in [0.5, 0.6) is 5.88 Å². The molecule has 2 rings (SSSR count). The van der Waals surface area contributed by atoms with Crippen LogP contribution in [-0.2, 0) is 11.3 Å². The molecule has 0 aliphatic rings. The second-order valence-corrected chi connectivity index (χ2v) is 5.63. The van der Waals surface area contributed by atoms with Crippen LogP contribution in [0, 0.1) is 6.92 Å². The highest BCUT2D eigenvalue weighted by Gasteiger charge is 2.18. The molecule has 0 unspecified atom stereocenters. The first-order valence-corrected chi connectivity index (χ1v) is 7.86. The number of primary amides is 1. The Balaban J connectivity index is 2.03. The van der Waals surface area contributed by atoms with E-state index in [1.807, 2.05) is 37.3 Å². The van der Waals surface area contributed by atoms with Crippen LogP contribution >= 0.6 is 0 Å². The molecule has 0 radical (unpaired) electrons. The number of benzene rings is 1. The fourth-order valence-corrected chi connectivity index (χ4v) is 2.50. The van der Waals surface area contributed by atoms with Crippen LogP contribution in [0.1, 0.15) is 29.2 Å². The number of nitrogens with zero attached hydrogens (tertiary/aromatic N) is 1. The molecule has 0 saturated carbocycles. The molecule has 132 valence electrons. The maximum absolute atomic E-state index is 12.3. The SMILES string of the molecule is COc1ncccc1CNC(=O)C[C@H](NC(N)=O)c1cccc(C)c1. The molecule has 7 nitrogen and oxygen atoms in total. The van der Waals surface area contributed by atoms with E-state index in [1.54, 1.807) is 12.3 Å².